The van der Waals surface area contributed by atoms with Crippen LogP contribution in [0.2, 0.25) is 0 Å². The van der Waals surface area contributed by atoms with Crippen LogP contribution in [-0.4, -0.2) is 60.7 Å². The van der Waals surface area contributed by atoms with Gasteiger partial charge in [0.2, 0.25) is 11.6 Å². The molecule has 46 heavy (non-hydrogen) atoms. The molecule has 6 aromatic rings. The first-order valence-corrected chi connectivity index (χ1v) is 14.1. The molecule has 230 valence electrons. The van der Waals surface area contributed by atoms with E-state index in [2.05, 4.69) is 0 Å². The third-order valence-corrected chi connectivity index (χ3v) is 7.86. The second-order valence-corrected chi connectivity index (χ2v) is 10.3. The summed E-state index contributed by atoms with van der Waals surface area (Å²) in [4.78, 5) is 52.7. The maximum Gasteiger partial charge on any atom is 0.340 e. The zero-order valence-corrected chi connectivity index (χ0v) is 25.4. The van der Waals surface area contributed by atoms with E-state index < -0.39 is 11.9 Å². The zero-order chi connectivity index (χ0) is 32.5. The molecule has 0 fully saturated rings. The van der Waals surface area contributed by atoms with Crippen molar-refractivity contribution in [1.29, 1.82) is 0 Å². The SMILES string of the molecule is COC(=O)c1cc(C(=O)c2ccc(OC)cc2)n2ccc(-c3ccn4c(C(=O)c5ccc(OC)cc5)cc(C(=O)OC)c4c3)cc12. The Morgan fingerprint density at radius 3 is 1.20 bits per heavy atom. The van der Waals surface area contributed by atoms with E-state index >= 15 is 0 Å². The lowest BCUT2D eigenvalue weighted by Crippen LogP contribution is -2.05. The highest BCUT2D eigenvalue weighted by Crippen LogP contribution is 2.30. The number of ether oxygens (including phenoxy) is 4. The van der Waals surface area contributed by atoms with Gasteiger partial charge in [0.25, 0.3) is 0 Å². The fraction of sp³-hybridized carbons (Fsp3) is 0.111. The highest BCUT2D eigenvalue weighted by Gasteiger charge is 2.24. The molecule has 10 heteroatoms. The smallest absolute Gasteiger partial charge is 0.340 e. The largest absolute Gasteiger partial charge is 0.497 e. The van der Waals surface area contributed by atoms with Crippen molar-refractivity contribution in [3.05, 3.63) is 131 Å². The van der Waals surface area contributed by atoms with Gasteiger partial charge in [0.1, 0.15) is 11.5 Å². The molecule has 0 unspecified atom stereocenters. The van der Waals surface area contributed by atoms with E-state index in [4.69, 9.17) is 18.9 Å². The molecule has 10 nitrogen and oxygen atoms in total. The van der Waals surface area contributed by atoms with E-state index in [-0.39, 0.29) is 34.1 Å². The van der Waals surface area contributed by atoms with Crippen molar-refractivity contribution in [3.63, 3.8) is 0 Å². The molecule has 0 spiro atoms. The summed E-state index contributed by atoms with van der Waals surface area (Å²) < 4.78 is 23.7. The Kier molecular flexibility index (Phi) is 7.85. The van der Waals surface area contributed by atoms with Crippen molar-refractivity contribution in [3.8, 4) is 22.6 Å². The average molecular weight is 617 g/mol. The van der Waals surface area contributed by atoms with Gasteiger partial charge < -0.3 is 27.7 Å². The van der Waals surface area contributed by atoms with Crippen LogP contribution in [0, 0.1) is 0 Å². The number of aromatic nitrogens is 2. The number of hydrogen-bond acceptors (Lipinski definition) is 8. The van der Waals surface area contributed by atoms with Crippen LogP contribution in [0.25, 0.3) is 22.2 Å². The fourth-order valence-electron chi connectivity index (χ4n) is 5.43. The average Bonchev–Trinajstić information content (AvgIpc) is 3.69. The molecule has 0 aliphatic heterocycles. The number of carbonyl (C=O) groups excluding carboxylic acids is 4. The van der Waals surface area contributed by atoms with E-state index in [1.165, 1.54) is 26.4 Å². The molecule has 0 bridgehead atoms. The summed E-state index contributed by atoms with van der Waals surface area (Å²) in [6.07, 6.45) is 3.41. The first kappa shape index (κ1) is 29.9. The maximum atomic E-state index is 13.5. The Morgan fingerprint density at radius 1 is 0.500 bits per heavy atom. The highest BCUT2D eigenvalue weighted by atomic mass is 16.5. The summed E-state index contributed by atoms with van der Waals surface area (Å²) in [6, 6.07) is 23.6. The number of ketones is 2. The van der Waals surface area contributed by atoms with Crippen LogP contribution < -0.4 is 9.47 Å². The number of hydrogen-bond donors (Lipinski definition) is 0. The summed E-state index contributed by atoms with van der Waals surface area (Å²) >= 11 is 0. The number of esters is 2. The van der Waals surface area contributed by atoms with Crippen LogP contribution in [0.5, 0.6) is 11.5 Å². The number of pyridine rings is 2. The topological polar surface area (TPSA) is 114 Å². The molecule has 2 aromatic carbocycles. The van der Waals surface area contributed by atoms with Crippen molar-refractivity contribution in [2.75, 3.05) is 28.4 Å². The van der Waals surface area contributed by atoms with Crippen molar-refractivity contribution >= 4 is 34.5 Å². The first-order chi connectivity index (χ1) is 22.3. The quantitative estimate of drug-likeness (QED) is 0.146. The van der Waals surface area contributed by atoms with Crippen LogP contribution >= 0.6 is 0 Å². The Labute approximate surface area is 263 Å². The molecule has 0 atom stereocenters. The Balaban J connectivity index is 1.45. The van der Waals surface area contributed by atoms with Gasteiger partial charge in [-0.3, -0.25) is 9.59 Å². The highest BCUT2D eigenvalue weighted by molar-refractivity contribution is 6.12. The molecule has 0 radical (unpaired) electrons. The molecule has 0 saturated carbocycles. The molecule has 0 aliphatic rings. The number of rotatable bonds is 9. The van der Waals surface area contributed by atoms with E-state index in [0.717, 1.165) is 0 Å². The second kappa shape index (κ2) is 12.1. The minimum atomic E-state index is -0.597. The van der Waals surface area contributed by atoms with Gasteiger partial charge >= 0.3 is 11.9 Å². The molecule has 4 heterocycles. The van der Waals surface area contributed by atoms with Crippen molar-refractivity contribution in [2.24, 2.45) is 0 Å². The fourth-order valence-corrected chi connectivity index (χ4v) is 5.43. The summed E-state index contributed by atoms with van der Waals surface area (Å²) in [5.41, 5.74) is 4.15. The van der Waals surface area contributed by atoms with Gasteiger partial charge in [-0.25, -0.2) is 9.59 Å². The summed E-state index contributed by atoms with van der Waals surface area (Å²) in [6.45, 7) is 0. The van der Waals surface area contributed by atoms with E-state index in [9.17, 15) is 19.2 Å². The van der Waals surface area contributed by atoms with Gasteiger partial charge in [-0.2, -0.15) is 0 Å². The second-order valence-electron chi connectivity index (χ2n) is 10.3. The van der Waals surface area contributed by atoms with Crippen LogP contribution in [0.4, 0.5) is 0 Å². The summed E-state index contributed by atoms with van der Waals surface area (Å²) in [5, 5.41) is 0. The van der Waals surface area contributed by atoms with Gasteiger partial charge in [0.15, 0.2) is 0 Å². The maximum absolute atomic E-state index is 13.5. The summed E-state index contributed by atoms with van der Waals surface area (Å²) in [7, 11) is 5.65. The van der Waals surface area contributed by atoms with Crippen LogP contribution in [0.15, 0.2) is 97.3 Å². The van der Waals surface area contributed by atoms with Crippen LogP contribution in [0.1, 0.15) is 52.8 Å². The summed E-state index contributed by atoms with van der Waals surface area (Å²) in [5.74, 6) is -0.535. The minimum Gasteiger partial charge on any atom is -0.497 e. The van der Waals surface area contributed by atoms with Gasteiger partial charge in [-0.05, 0) is 96.1 Å². The van der Waals surface area contributed by atoms with Crippen molar-refractivity contribution < 1.29 is 38.1 Å². The van der Waals surface area contributed by atoms with Gasteiger partial charge in [-0.15, -0.1) is 0 Å². The molecular formula is C36H28N2O8. The monoisotopic (exact) mass is 616 g/mol. The number of benzene rings is 2. The molecule has 0 aliphatic carbocycles. The first-order valence-electron chi connectivity index (χ1n) is 14.1. The Bertz CT molecular complexity index is 2000. The zero-order valence-electron chi connectivity index (χ0n) is 25.4. The molecule has 0 saturated heterocycles. The van der Waals surface area contributed by atoms with E-state index in [1.54, 1.807) is 108 Å². The predicted octanol–water partition coefficient (Wildman–Crippen LogP) is 5.91. The normalized spacial score (nSPS) is 11.0. The Morgan fingerprint density at radius 2 is 0.870 bits per heavy atom. The lowest BCUT2D eigenvalue weighted by Gasteiger charge is -2.09. The number of nitrogens with zero attached hydrogens (tertiary/aromatic N) is 2. The molecule has 0 N–H and O–H groups in total. The third kappa shape index (κ3) is 5.15. The van der Waals surface area contributed by atoms with Crippen LogP contribution in [0.3, 0.4) is 0 Å². The molecule has 6 rings (SSSR count). The van der Waals surface area contributed by atoms with E-state index in [0.29, 0.717) is 44.8 Å². The van der Waals surface area contributed by atoms with Crippen molar-refractivity contribution in [1.82, 2.24) is 8.80 Å². The van der Waals surface area contributed by atoms with Crippen molar-refractivity contribution in [2.45, 2.75) is 0 Å². The Hall–Kier alpha value is -6.16. The van der Waals surface area contributed by atoms with Gasteiger partial charge in [0.05, 0.1) is 62.0 Å². The third-order valence-electron chi connectivity index (χ3n) is 7.86. The molecule has 0 amide bonds. The number of fused-ring (bicyclic) bond motifs is 2. The van der Waals surface area contributed by atoms with E-state index in [1.807, 2.05) is 0 Å². The number of carbonyl (C=O) groups is 4. The standard InChI is InChI=1S/C36H28N2O8/c1-43-25-9-5-21(6-10-25)33(39)31-19-27(35(41)45-3)29-17-23(13-15-37(29)31)24-14-16-38-30(18-24)28(36(42)46-4)20-32(38)34(40)22-7-11-26(44-2)12-8-22/h5-20H,1-4H3. The van der Waals surface area contributed by atoms with Crippen LogP contribution in [-0.2, 0) is 9.47 Å². The molecular weight excluding hydrogens is 588 g/mol. The number of methoxy groups -OCH3 is 4. The lowest BCUT2D eigenvalue weighted by atomic mass is 10.1. The predicted molar refractivity (Wildman–Crippen MR) is 169 cm³/mol. The van der Waals surface area contributed by atoms with Gasteiger partial charge in [0, 0.05) is 23.5 Å². The van der Waals surface area contributed by atoms with Gasteiger partial charge in [-0.1, -0.05) is 0 Å². The minimum absolute atomic E-state index is 0.215. The lowest BCUT2D eigenvalue weighted by molar-refractivity contribution is 0.0594. The molecule has 4 aromatic heterocycles.